The molecule has 0 amide bonds. The highest BCUT2D eigenvalue weighted by Gasteiger charge is 2.12. The maximum absolute atomic E-state index is 11.6. The van der Waals surface area contributed by atoms with Gasteiger partial charge in [0.05, 0.1) is 18.8 Å². The minimum Gasteiger partial charge on any atom is -0.462 e. The van der Waals surface area contributed by atoms with E-state index in [2.05, 4.69) is 20.4 Å². The number of methoxy groups -OCH3 is 1. The van der Waals surface area contributed by atoms with E-state index in [1.165, 1.54) is 20.0 Å². The predicted octanol–water partition coefficient (Wildman–Crippen LogP) is 2.92. The van der Waals surface area contributed by atoms with Gasteiger partial charge in [0.25, 0.3) is 0 Å². The first-order chi connectivity index (χ1) is 8.65. The molecular weight excluding hydrogens is 232 g/mol. The quantitative estimate of drug-likeness (QED) is 0.247. The minimum atomic E-state index is -0.374. The minimum absolute atomic E-state index is 0.151. The van der Waals surface area contributed by atoms with Crippen LogP contribution in [0.15, 0.2) is 12.2 Å². The van der Waals surface area contributed by atoms with Crippen LogP contribution in [0.1, 0.15) is 39.5 Å². The Labute approximate surface area is 110 Å². The number of rotatable bonds is 11. The van der Waals surface area contributed by atoms with E-state index < -0.39 is 0 Å². The van der Waals surface area contributed by atoms with Crippen molar-refractivity contribution in [2.75, 3.05) is 27.1 Å². The van der Waals surface area contributed by atoms with Crippen LogP contribution in [0.4, 0.5) is 0 Å². The molecule has 0 rings (SSSR count). The molecule has 0 aliphatic carbocycles. The Balaban J connectivity index is 3.81. The highest BCUT2D eigenvalue weighted by Crippen LogP contribution is 2.13. The number of hydrogen-bond donors (Lipinski definition) is 0. The second-order valence-corrected chi connectivity index (χ2v) is 4.37. The molecule has 0 N–H and O–H groups in total. The van der Waals surface area contributed by atoms with Gasteiger partial charge < -0.3 is 14.2 Å². The average molecular weight is 258 g/mol. The first kappa shape index (κ1) is 17.1. The lowest BCUT2D eigenvalue weighted by molar-refractivity contribution is -0.141. The van der Waals surface area contributed by atoms with Gasteiger partial charge in [-0.25, -0.2) is 4.79 Å². The Morgan fingerprint density at radius 1 is 1.33 bits per heavy atom. The van der Waals surface area contributed by atoms with Crippen molar-refractivity contribution in [2.24, 2.45) is 5.92 Å². The lowest BCUT2D eigenvalue weighted by atomic mass is 10.0. The SMILES string of the molecule is C=C(COCOC)C(=O)OCC(CC)CCCC. The average Bonchev–Trinajstić information content (AvgIpc) is 2.38. The van der Waals surface area contributed by atoms with Gasteiger partial charge in [-0.05, 0) is 12.3 Å². The van der Waals surface area contributed by atoms with Crippen molar-refractivity contribution in [3.05, 3.63) is 12.2 Å². The van der Waals surface area contributed by atoms with Crippen molar-refractivity contribution in [3.8, 4) is 0 Å². The van der Waals surface area contributed by atoms with Crippen LogP contribution in [0.5, 0.6) is 0 Å². The predicted molar refractivity (Wildman–Crippen MR) is 71.2 cm³/mol. The van der Waals surface area contributed by atoms with Gasteiger partial charge in [0.1, 0.15) is 6.79 Å². The summed E-state index contributed by atoms with van der Waals surface area (Å²) in [7, 11) is 1.53. The van der Waals surface area contributed by atoms with Crippen LogP contribution in [0.2, 0.25) is 0 Å². The fraction of sp³-hybridized carbons (Fsp3) is 0.786. The number of ether oxygens (including phenoxy) is 3. The zero-order valence-corrected chi connectivity index (χ0v) is 11.9. The van der Waals surface area contributed by atoms with Gasteiger partial charge in [-0.3, -0.25) is 0 Å². The van der Waals surface area contributed by atoms with Crippen molar-refractivity contribution < 1.29 is 19.0 Å². The summed E-state index contributed by atoms with van der Waals surface area (Å²) >= 11 is 0. The molecule has 0 heterocycles. The van der Waals surface area contributed by atoms with E-state index in [-0.39, 0.29) is 19.4 Å². The molecule has 4 heteroatoms. The molecule has 0 aliphatic heterocycles. The van der Waals surface area contributed by atoms with Crippen molar-refractivity contribution in [2.45, 2.75) is 39.5 Å². The Bertz CT molecular complexity index is 238. The molecule has 0 aromatic carbocycles. The summed E-state index contributed by atoms with van der Waals surface area (Å²) in [5, 5.41) is 0. The van der Waals surface area contributed by atoms with E-state index in [0.717, 1.165) is 12.8 Å². The van der Waals surface area contributed by atoms with Gasteiger partial charge in [-0.1, -0.05) is 39.7 Å². The van der Waals surface area contributed by atoms with Gasteiger partial charge in [0, 0.05) is 7.11 Å². The van der Waals surface area contributed by atoms with Crippen LogP contribution >= 0.6 is 0 Å². The summed E-state index contributed by atoms with van der Waals surface area (Å²) in [6.07, 6.45) is 4.48. The number of unbranched alkanes of at least 4 members (excludes halogenated alkanes) is 1. The molecule has 0 aromatic rings. The zero-order chi connectivity index (χ0) is 13.8. The van der Waals surface area contributed by atoms with Gasteiger partial charge in [-0.15, -0.1) is 0 Å². The van der Waals surface area contributed by atoms with E-state index in [4.69, 9.17) is 14.2 Å². The molecule has 0 aromatic heterocycles. The second-order valence-electron chi connectivity index (χ2n) is 4.37. The lowest BCUT2D eigenvalue weighted by Crippen LogP contribution is -2.17. The summed E-state index contributed by atoms with van der Waals surface area (Å²) < 4.78 is 15.0. The van der Waals surface area contributed by atoms with Crippen LogP contribution in [0, 0.1) is 5.92 Å². The van der Waals surface area contributed by atoms with Crippen molar-refractivity contribution >= 4 is 5.97 Å². The maximum atomic E-state index is 11.6. The monoisotopic (exact) mass is 258 g/mol. The molecule has 106 valence electrons. The van der Waals surface area contributed by atoms with Crippen molar-refractivity contribution in [1.29, 1.82) is 0 Å². The first-order valence-corrected chi connectivity index (χ1v) is 6.57. The Hall–Kier alpha value is -0.870. The summed E-state index contributed by atoms with van der Waals surface area (Å²) in [5.74, 6) is 0.0719. The number of esters is 1. The van der Waals surface area contributed by atoms with E-state index in [9.17, 15) is 4.79 Å². The normalized spacial score (nSPS) is 12.2. The molecule has 0 bridgehead atoms. The molecule has 0 saturated heterocycles. The molecule has 18 heavy (non-hydrogen) atoms. The number of hydrogen-bond acceptors (Lipinski definition) is 4. The molecule has 0 spiro atoms. The molecule has 4 nitrogen and oxygen atoms in total. The highest BCUT2D eigenvalue weighted by molar-refractivity contribution is 5.87. The fourth-order valence-electron chi connectivity index (χ4n) is 1.50. The molecule has 0 aliphatic rings. The van der Waals surface area contributed by atoms with E-state index in [0.29, 0.717) is 18.1 Å². The third kappa shape index (κ3) is 8.25. The van der Waals surface area contributed by atoms with Gasteiger partial charge in [0.15, 0.2) is 0 Å². The molecule has 1 atom stereocenters. The third-order valence-corrected chi connectivity index (χ3v) is 2.76. The van der Waals surface area contributed by atoms with E-state index in [1.807, 2.05) is 0 Å². The number of carbonyl (C=O) groups excluding carboxylic acids is 1. The van der Waals surface area contributed by atoms with Crippen LogP contribution in [0.3, 0.4) is 0 Å². The summed E-state index contributed by atoms with van der Waals surface area (Å²) in [6.45, 7) is 8.69. The van der Waals surface area contributed by atoms with Crippen LogP contribution < -0.4 is 0 Å². The van der Waals surface area contributed by atoms with Gasteiger partial charge >= 0.3 is 5.97 Å². The molecular formula is C14H26O4. The van der Waals surface area contributed by atoms with Gasteiger partial charge in [-0.2, -0.15) is 0 Å². The van der Waals surface area contributed by atoms with Gasteiger partial charge in [0.2, 0.25) is 0 Å². The Morgan fingerprint density at radius 3 is 2.61 bits per heavy atom. The van der Waals surface area contributed by atoms with E-state index in [1.54, 1.807) is 0 Å². The first-order valence-electron chi connectivity index (χ1n) is 6.57. The topological polar surface area (TPSA) is 44.8 Å². The smallest absolute Gasteiger partial charge is 0.335 e. The standard InChI is InChI=1S/C14H26O4/c1-5-7-8-13(6-2)10-18-14(15)12(3)9-17-11-16-4/h13H,3,5-11H2,1-2,4H3. The maximum Gasteiger partial charge on any atom is 0.335 e. The molecule has 0 saturated carbocycles. The Kier molecular flexibility index (Phi) is 10.7. The van der Waals surface area contributed by atoms with Crippen molar-refractivity contribution in [1.82, 2.24) is 0 Å². The fourth-order valence-corrected chi connectivity index (χ4v) is 1.50. The third-order valence-electron chi connectivity index (χ3n) is 2.76. The largest absolute Gasteiger partial charge is 0.462 e. The molecule has 0 fully saturated rings. The van der Waals surface area contributed by atoms with Crippen LogP contribution in [-0.2, 0) is 19.0 Å². The number of carbonyl (C=O) groups is 1. The summed E-state index contributed by atoms with van der Waals surface area (Å²) in [4.78, 5) is 11.6. The molecule has 1 unspecified atom stereocenters. The zero-order valence-electron chi connectivity index (χ0n) is 11.9. The summed E-state index contributed by atoms with van der Waals surface area (Å²) in [5.41, 5.74) is 0.331. The molecule has 0 radical (unpaired) electrons. The Morgan fingerprint density at radius 2 is 2.06 bits per heavy atom. The van der Waals surface area contributed by atoms with Crippen molar-refractivity contribution in [3.63, 3.8) is 0 Å². The summed E-state index contributed by atoms with van der Waals surface area (Å²) in [6, 6.07) is 0. The van der Waals surface area contributed by atoms with Crippen LogP contribution in [-0.4, -0.2) is 33.1 Å². The van der Waals surface area contributed by atoms with Crippen LogP contribution in [0.25, 0.3) is 0 Å². The lowest BCUT2D eigenvalue weighted by Gasteiger charge is -2.15. The van der Waals surface area contributed by atoms with E-state index >= 15 is 0 Å². The highest BCUT2D eigenvalue weighted by atomic mass is 16.7. The second kappa shape index (κ2) is 11.2.